The predicted octanol–water partition coefficient (Wildman–Crippen LogP) is 1.10. The quantitative estimate of drug-likeness (QED) is 0.492. The van der Waals surface area contributed by atoms with Crippen molar-refractivity contribution in [1.82, 2.24) is 20.9 Å². The number of rotatable bonds is 6. The van der Waals surface area contributed by atoms with Gasteiger partial charge in [0, 0.05) is 18.5 Å². The molecule has 8 atom stereocenters. The van der Waals surface area contributed by atoms with E-state index in [0.29, 0.717) is 0 Å². The first-order valence-corrected chi connectivity index (χ1v) is 12.2. The maximum Gasteiger partial charge on any atom is 0.471 e. The zero-order valence-corrected chi connectivity index (χ0v) is 20.9. The standard InChI is InChI=1S/C24H32F3N5O4/c1-22(2,3)17(31-21(36)24(25,26)27)20(35)32-9-13-15(23(13,4)5)16(32)19(34)29-10(8-28)6-12-11-7-14(11)30-18(12)33/h10-17H,6-7,9H2,1-5H3,(H,29,34)(H,30,33)(H,31,36)/t10-,11?,12?,13-,14?,15-,16-,17?/m0/s1. The Kier molecular flexibility index (Phi) is 6.08. The lowest BCUT2D eigenvalue weighted by atomic mass is 9.85. The van der Waals surface area contributed by atoms with Crippen LogP contribution in [0.4, 0.5) is 13.2 Å². The number of alkyl halides is 3. The number of nitrogens with zero attached hydrogens (tertiary/aromatic N) is 2. The van der Waals surface area contributed by atoms with Crippen LogP contribution < -0.4 is 16.0 Å². The van der Waals surface area contributed by atoms with Crippen molar-refractivity contribution in [2.24, 2.45) is 34.5 Å². The predicted molar refractivity (Wildman–Crippen MR) is 119 cm³/mol. The monoisotopic (exact) mass is 511 g/mol. The highest BCUT2D eigenvalue weighted by Gasteiger charge is 2.70. The van der Waals surface area contributed by atoms with Gasteiger partial charge < -0.3 is 20.9 Å². The fourth-order valence-corrected chi connectivity index (χ4v) is 6.09. The summed E-state index contributed by atoms with van der Waals surface area (Å²) in [6.07, 6.45) is -4.16. The Bertz CT molecular complexity index is 1030. The summed E-state index contributed by atoms with van der Waals surface area (Å²) in [7, 11) is 0. The average Bonchev–Trinajstić information content (AvgIpc) is 3.47. The number of nitriles is 1. The molecule has 4 aliphatic rings. The molecule has 0 aromatic heterocycles. The summed E-state index contributed by atoms with van der Waals surface area (Å²) in [6, 6.07) is -1.29. The lowest BCUT2D eigenvalue weighted by molar-refractivity contribution is -0.176. The van der Waals surface area contributed by atoms with Crippen LogP contribution in [0.25, 0.3) is 0 Å². The molecule has 4 unspecified atom stereocenters. The number of nitrogens with one attached hydrogen (secondary N) is 3. The van der Waals surface area contributed by atoms with Crippen LogP contribution >= 0.6 is 0 Å². The molecule has 2 saturated carbocycles. The second-order valence-electron chi connectivity index (χ2n) is 12.2. The molecule has 2 aliphatic carbocycles. The van der Waals surface area contributed by atoms with E-state index in [1.807, 2.05) is 25.2 Å². The molecule has 2 saturated heterocycles. The number of hydrogen-bond donors (Lipinski definition) is 3. The van der Waals surface area contributed by atoms with Crippen molar-refractivity contribution in [3.05, 3.63) is 0 Å². The summed E-state index contributed by atoms with van der Waals surface area (Å²) >= 11 is 0. The normalized spacial score (nSPS) is 33.4. The molecule has 198 valence electrons. The lowest BCUT2D eigenvalue weighted by Crippen LogP contribution is -2.61. The number of carbonyl (C=O) groups is 4. The Morgan fingerprint density at radius 1 is 1.22 bits per heavy atom. The highest BCUT2D eigenvalue weighted by Crippen LogP contribution is 2.65. The van der Waals surface area contributed by atoms with Gasteiger partial charge in [-0.3, -0.25) is 19.2 Å². The first-order chi connectivity index (χ1) is 16.5. The molecule has 0 aromatic rings. The number of fused-ring (bicyclic) bond motifs is 2. The van der Waals surface area contributed by atoms with E-state index in [1.54, 1.807) is 0 Å². The number of amides is 4. The van der Waals surface area contributed by atoms with Gasteiger partial charge in [-0.2, -0.15) is 18.4 Å². The van der Waals surface area contributed by atoms with Gasteiger partial charge in [0.25, 0.3) is 0 Å². The maximum absolute atomic E-state index is 13.5. The first kappa shape index (κ1) is 26.2. The molecular weight excluding hydrogens is 479 g/mol. The van der Waals surface area contributed by atoms with E-state index < -0.39 is 47.4 Å². The molecule has 4 amide bonds. The van der Waals surface area contributed by atoms with Crippen molar-refractivity contribution < 1.29 is 32.3 Å². The Morgan fingerprint density at radius 3 is 2.36 bits per heavy atom. The molecule has 2 heterocycles. The number of likely N-dealkylation sites (tertiary alicyclic amines) is 1. The zero-order chi connectivity index (χ0) is 27.0. The SMILES string of the molecule is CC(C)(C)C(NC(=O)C(F)(F)F)C(=O)N1C[C@H]2[C@@H]([C@H]1C(=O)N[C@H](C#N)CC1C(=O)NC3CC31)C2(C)C. The van der Waals surface area contributed by atoms with E-state index >= 15 is 0 Å². The topological polar surface area (TPSA) is 131 Å². The van der Waals surface area contributed by atoms with E-state index in [9.17, 15) is 37.6 Å². The number of piperidine rings is 2. The fourth-order valence-electron chi connectivity index (χ4n) is 6.09. The van der Waals surface area contributed by atoms with Crippen molar-refractivity contribution in [2.75, 3.05) is 6.54 Å². The van der Waals surface area contributed by atoms with Gasteiger partial charge in [-0.25, -0.2) is 0 Å². The molecule has 12 heteroatoms. The summed E-state index contributed by atoms with van der Waals surface area (Å²) in [5.74, 6) is -4.19. The van der Waals surface area contributed by atoms with Gasteiger partial charge in [0.15, 0.2) is 0 Å². The third-order valence-electron chi connectivity index (χ3n) is 8.39. The van der Waals surface area contributed by atoms with E-state index in [4.69, 9.17) is 0 Å². The number of hydrogen-bond acceptors (Lipinski definition) is 5. The van der Waals surface area contributed by atoms with Gasteiger partial charge in [0.1, 0.15) is 18.1 Å². The molecular formula is C24H32F3N5O4. The molecule has 2 aliphatic heterocycles. The molecule has 0 aromatic carbocycles. The minimum atomic E-state index is -5.16. The van der Waals surface area contributed by atoms with E-state index in [0.717, 1.165) is 6.42 Å². The molecule has 36 heavy (non-hydrogen) atoms. The molecule has 4 rings (SSSR count). The molecule has 9 nitrogen and oxygen atoms in total. The lowest BCUT2D eigenvalue weighted by Gasteiger charge is -2.37. The van der Waals surface area contributed by atoms with Gasteiger partial charge in [-0.15, -0.1) is 0 Å². The van der Waals surface area contributed by atoms with Crippen LogP contribution in [0.2, 0.25) is 0 Å². The number of halogens is 3. The summed E-state index contributed by atoms with van der Waals surface area (Å²) < 4.78 is 38.9. The molecule has 0 spiro atoms. The van der Waals surface area contributed by atoms with Gasteiger partial charge in [-0.05, 0) is 41.4 Å². The minimum absolute atomic E-state index is 0.0375. The highest BCUT2D eigenvalue weighted by atomic mass is 19.4. The minimum Gasteiger partial charge on any atom is -0.353 e. The van der Waals surface area contributed by atoms with Crippen LogP contribution in [0.1, 0.15) is 47.5 Å². The van der Waals surface area contributed by atoms with Gasteiger partial charge >= 0.3 is 12.1 Å². The van der Waals surface area contributed by atoms with Crippen LogP contribution in [0, 0.1) is 45.8 Å². The first-order valence-electron chi connectivity index (χ1n) is 12.2. The summed E-state index contributed by atoms with van der Waals surface area (Å²) in [5, 5.41) is 17.0. The van der Waals surface area contributed by atoms with Crippen LogP contribution in [-0.2, 0) is 19.2 Å². The smallest absolute Gasteiger partial charge is 0.353 e. The van der Waals surface area contributed by atoms with Gasteiger partial charge in [-0.1, -0.05) is 34.6 Å². The summed E-state index contributed by atoms with van der Waals surface area (Å²) in [5.41, 5.74) is -1.33. The molecule has 4 fully saturated rings. The molecule has 3 N–H and O–H groups in total. The Morgan fingerprint density at radius 2 is 1.86 bits per heavy atom. The van der Waals surface area contributed by atoms with E-state index in [2.05, 4.69) is 10.6 Å². The van der Waals surface area contributed by atoms with Crippen LogP contribution in [-0.4, -0.2) is 65.4 Å². The van der Waals surface area contributed by atoms with Crippen molar-refractivity contribution in [3.8, 4) is 6.07 Å². The van der Waals surface area contributed by atoms with Gasteiger partial charge in [0.2, 0.25) is 17.7 Å². The van der Waals surface area contributed by atoms with Crippen LogP contribution in [0.15, 0.2) is 0 Å². The average molecular weight is 512 g/mol. The second-order valence-corrected chi connectivity index (χ2v) is 12.2. The van der Waals surface area contributed by atoms with E-state index in [-0.39, 0.29) is 54.0 Å². The van der Waals surface area contributed by atoms with Crippen molar-refractivity contribution in [3.63, 3.8) is 0 Å². The third-order valence-corrected chi connectivity index (χ3v) is 8.39. The van der Waals surface area contributed by atoms with Crippen LogP contribution in [0.3, 0.4) is 0 Å². The largest absolute Gasteiger partial charge is 0.471 e. The Labute approximate surface area is 207 Å². The third kappa shape index (κ3) is 4.52. The maximum atomic E-state index is 13.5. The molecule has 0 radical (unpaired) electrons. The Balaban J connectivity index is 1.52. The number of carbonyl (C=O) groups excluding carboxylic acids is 4. The molecule has 0 bridgehead atoms. The summed E-state index contributed by atoms with van der Waals surface area (Å²) in [4.78, 5) is 52.0. The zero-order valence-electron chi connectivity index (χ0n) is 20.9. The van der Waals surface area contributed by atoms with Crippen molar-refractivity contribution in [2.45, 2.75) is 77.8 Å². The fraction of sp³-hybridized carbons (Fsp3) is 0.792. The van der Waals surface area contributed by atoms with Crippen molar-refractivity contribution >= 4 is 23.6 Å². The Hall–Kier alpha value is -2.84. The van der Waals surface area contributed by atoms with Crippen LogP contribution in [0.5, 0.6) is 0 Å². The highest BCUT2D eigenvalue weighted by molar-refractivity contribution is 5.95. The second kappa shape index (κ2) is 8.35. The summed E-state index contributed by atoms with van der Waals surface area (Å²) in [6.45, 7) is 8.67. The van der Waals surface area contributed by atoms with E-state index in [1.165, 1.54) is 25.7 Å². The van der Waals surface area contributed by atoms with Crippen molar-refractivity contribution in [1.29, 1.82) is 5.26 Å². The van der Waals surface area contributed by atoms with Gasteiger partial charge in [0.05, 0.1) is 6.07 Å².